The third kappa shape index (κ3) is 3.11. The quantitative estimate of drug-likeness (QED) is 0.815. The van der Waals surface area contributed by atoms with Gasteiger partial charge in [-0.05, 0) is 30.5 Å². The highest BCUT2D eigenvalue weighted by Gasteiger charge is 2.23. The maximum atomic E-state index is 11.4. The van der Waals surface area contributed by atoms with E-state index in [2.05, 4.69) is 10.6 Å². The van der Waals surface area contributed by atoms with Crippen LogP contribution in [-0.2, 0) is 16.1 Å². The van der Waals surface area contributed by atoms with E-state index >= 15 is 0 Å². The molecule has 2 aliphatic rings. The third-order valence-corrected chi connectivity index (χ3v) is 3.86. The van der Waals surface area contributed by atoms with Gasteiger partial charge in [0.15, 0.2) is 0 Å². The summed E-state index contributed by atoms with van der Waals surface area (Å²) in [4.78, 5) is 24.5. The second-order valence-corrected chi connectivity index (χ2v) is 5.67. The largest absolute Gasteiger partial charge is 0.353 e. The van der Waals surface area contributed by atoms with Crippen LogP contribution in [0.5, 0.6) is 0 Å². The molecule has 1 aliphatic heterocycles. The zero-order valence-corrected chi connectivity index (χ0v) is 11.7. The van der Waals surface area contributed by atoms with Gasteiger partial charge in [-0.3, -0.25) is 14.9 Å². The molecule has 0 unspecified atom stereocenters. The number of hydrogen-bond acceptors (Lipinski definition) is 4. The molecule has 2 fully saturated rings. The number of hydrogen-bond donors (Lipinski definition) is 2. The van der Waals surface area contributed by atoms with Crippen LogP contribution in [0, 0.1) is 0 Å². The summed E-state index contributed by atoms with van der Waals surface area (Å²) in [5.74, 6) is -0.561. The molecule has 3 rings (SSSR count). The average molecular weight is 294 g/mol. The Bertz CT molecular complexity index is 541. The van der Waals surface area contributed by atoms with E-state index in [9.17, 15) is 9.59 Å². The van der Waals surface area contributed by atoms with Crippen molar-refractivity contribution in [2.45, 2.75) is 25.4 Å². The molecule has 20 heavy (non-hydrogen) atoms. The fourth-order valence-electron chi connectivity index (χ4n) is 2.24. The standard InChI is InChI=1S/C14H16ClN3O2/c15-12-5-11(18-7-13(19)17-14(20)8-18)4-1-9(12)6-16-10-2-3-10/h1,4-5,10,16H,2-3,6-8H2,(H,17,19,20). The van der Waals surface area contributed by atoms with Crippen LogP contribution in [0.25, 0.3) is 0 Å². The van der Waals surface area contributed by atoms with Crippen molar-refractivity contribution in [1.82, 2.24) is 10.6 Å². The van der Waals surface area contributed by atoms with Gasteiger partial charge in [0.1, 0.15) is 0 Å². The first kappa shape index (κ1) is 13.4. The van der Waals surface area contributed by atoms with E-state index in [-0.39, 0.29) is 24.9 Å². The molecule has 106 valence electrons. The lowest BCUT2D eigenvalue weighted by Gasteiger charge is -2.27. The van der Waals surface area contributed by atoms with Gasteiger partial charge in [-0.2, -0.15) is 0 Å². The number of amides is 2. The van der Waals surface area contributed by atoms with Crippen molar-refractivity contribution in [2.75, 3.05) is 18.0 Å². The Morgan fingerprint density at radius 3 is 2.55 bits per heavy atom. The molecule has 1 saturated heterocycles. The minimum atomic E-state index is -0.281. The highest BCUT2D eigenvalue weighted by molar-refractivity contribution is 6.31. The predicted molar refractivity (Wildman–Crippen MR) is 76.7 cm³/mol. The van der Waals surface area contributed by atoms with Crippen LogP contribution < -0.4 is 15.5 Å². The third-order valence-electron chi connectivity index (χ3n) is 3.51. The lowest BCUT2D eigenvalue weighted by atomic mass is 10.1. The fourth-order valence-corrected chi connectivity index (χ4v) is 2.48. The number of nitrogens with zero attached hydrogens (tertiary/aromatic N) is 1. The minimum Gasteiger partial charge on any atom is -0.353 e. The fraction of sp³-hybridized carbons (Fsp3) is 0.429. The molecule has 1 aromatic carbocycles. The Morgan fingerprint density at radius 2 is 1.95 bits per heavy atom. The molecule has 0 radical (unpaired) electrons. The number of imide groups is 1. The first-order valence-corrected chi connectivity index (χ1v) is 7.09. The predicted octanol–water partition coefficient (Wildman–Crippen LogP) is 1.05. The van der Waals surface area contributed by atoms with E-state index < -0.39 is 0 Å². The Morgan fingerprint density at radius 1 is 1.25 bits per heavy atom. The molecule has 2 amide bonds. The lowest BCUT2D eigenvalue weighted by molar-refractivity contribution is -0.130. The molecule has 2 N–H and O–H groups in total. The molecule has 1 heterocycles. The highest BCUT2D eigenvalue weighted by Crippen LogP contribution is 2.26. The van der Waals surface area contributed by atoms with Crippen molar-refractivity contribution in [3.05, 3.63) is 28.8 Å². The van der Waals surface area contributed by atoms with Gasteiger partial charge >= 0.3 is 0 Å². The summed E-state index contributed by atoms with van der Waals surface area (Å²) in [5.41, 5.74) is 1.84. The molecule has 1 aliphatic carbocycles. The molecule has 0 atom stereocenters. The van der Waals surface area contributed by atoms with Gasteiger partial charge in [-0.1, -0.05) is 17.7 Å². The van der Waals surface area contributed by atoms with Gasteiger partial charge in [-0.15, -0.1) is 0 Å². The van der Waals surface area contributed by atoms with Crippen molar-refractivity contribution >= 4 is 29.1 Å². The van der Waals surface area contributed by atoms with Crippen LogP contribution in [0.3, 0.4) is 0 Å². The van der Waals surface area contributed by atoms with E-state index in [4.69, 9.17) is 11.6 Å². The molecule has 1 saturated carbocycles. The number of nitrogens with one attached hydrogen (secondary N) is 2. The summed E-state index contributed by atoms with van der Waals surface area (Å²) in [6, 6.07) is 6.30. The molecule has 0 aromatic heterocycles. The molecule has 0 bridgehead atoms. The number of carbonyl (C=O) groups excluding carboxylic acids is 2. The molecule has 0 spiro atoms. The van der Waals surface area contributed by atoms with E-state index in [1.54, 1.807) is 4.90 Å². The zero-order valence-electron chi connectivity index (χ0n) is 11.0. The normalized spacial score (nSPS) is 19.1. The zero-order chi connectivity index (χ0) is 14.1. The Labute approximate surface area is 122 Å². The molecule has 6 heteroatoms. The maximum Gasteiger partial charge on any atom is 0.246 e. The summed E-state index contributed by atoms with van der Waals surface area (Å²) in [6.07, 6.45) is 2.47. The van der Waals surface area contributed by atoms with E-state index in [1.165, 1.54) is 12.8 Å². The first-order chi connectivity index (χ1) is 9.61. The Kier molecular flexibility index (Phi) is 3.63. The van der Waals surface area contributed by atoms with E-state index in [0.717, 1.165) is 17.8 Å². The van der Waals surface area contributed by atoms with Gasteiger partial charge in [-0.25, -0.2) is 0 Å². The Hall–Kier alpha value is -1.59. The average Bonchev–Trinajstić information content (AvgIpc) is 3.20. The molecule has 1 aromatic rings. The van der Waals surface area contributed by atoms with Gasteiger partial charge in [0, 0.05) is 23.3 Å². The maximum absolute atomic E-state index is 11.4. The van der Waals surface area contributed by atoms with Crippen LogP contribution in [-0.4, -0.2) is 30.9 Å². The van der Waals surface area contributed by atoms with Crippen LogP contribution >= 0.6 is 11.6 Å². The van der Waals surface area contributed by atoms with Crippen LogP contribution in [0.2, 0.25) is 5.02 Å². The monoisotopic (exact) mass is 293 g/mol. The second kappa shape index (κ2) is 5.42. The summed E-state index contributed by atoms with van der Waals surface area (Å²) < 4.78 is 0. The lowest BCUT2D eigenvalue weighted by Crippen LogP contribution is -2.51. The first-order valence-electron chi connectivity index (χ1n) is 6.71. The number of anilines is 1. The van der Waals surface area contributed by atoms with Crippen molar-refractivity contribution in [3.63, 3.8) is 0 Å². The van der Waals surface area contributed by atoms with Crippen molar-refractivity contribution in [2.24, 2.45) is 0 Å². The van der Waals surface area contributed by atoms with Gasteiger partial charge < -0.3 is 10.2 Å². The van der Waals surface area contributed by atoms with Crippen molar-refractivity contribution < 1.29 is 9.59 Å². The van der Waals surface area contributed by atoms with Crippen molar-refractivity contribution in [1.29, 1.82) is 0 Å². The summed E-state index contributed by atoms with van der Waals surface area (Å²) in [6.45, 7) is 1.12. The second-order valence-electron chi connectivity index (χ2n) is 5.26. The van der Waals surface area contributed by atoms with Gasteiger partial charge in [0.05, 0.1) is 13.1 Å². The van der Waals surface area contributed by atoms with Crippen LogP contribution in [0.4, 0.5) is 5.69 Å². The number of piperazine rings is 1. The highest BCUT2D eigenvalue weighted by atomic mass is 35.5. The van der Waals surface area contributed by atoms with Gasteiger partial charge in [0.25, 0.3) is 0 Å². The van der Waals surface area contributed by atoms with Crippen molar-refractivity contribution in [3.8, 4) is 0 Å². The summed E-state index contributed by atoms with van der Waals surface area (Å²) in [5, 5.41) is 6.35. The summed E-state index contributed by atoms with van der Waals surface area (Å²) in [7, 11) is 0. The topological polar surface area (TPSA) is 61.4 Å². The minimum absolute atomic E-state index is 0.182. The number of halogens is 1. The number of rotatable bonds is 4. The smallest absolute Gasteiger partial charge is 0.246 e. The Balaban J connectivity index is 1.71. The van der Waals surface area contributed by atoms with E-state index in [1.807, 2.05) is 18.2 Å². The summed E-state index contributed by atoms with van der Waals surface area (Å²) >= 11 is 6.27. The SMILES string of the molecule is O=C1CN(c2ccc(CNC3CC3)c(Cl)c2)CC(=O)N1. The number of carbonyl (C=O) groups is 2. The van der Waals surface area contributed by atoms with Crippen LogP contribution in [0.15, 0.2) is 18.2 Å². The molecular weight excluding hydrogens is 278 g/mol. The van der Waals surface area contributed by atoms with Gasteiger partial charge in [0.2, 0.25) is 11.8 Å². The molecule has 5 nitrogen and oxygen atoms in total. The van der Waals surface area contributed by atoms with E-state index in [0.29, 0.717) is 11.1 Å². The van der Waals surface area contributed by atoms with Crippen LogP contribution in [0.1, 0.15) is 18.4 Å². The number of benzene rings is 1. The molecular formula is C14H16ClN3O2.